The summed E-state index contributed by atoms with van der Waals surface area (Å²) in [5.74, 6) is 0.737. The van der Waals surface area contributed by atoms with Crippen LogP contribution in [0.5, 0.6) is 5.75 Å². The first-order chi connectivity index (χ1) is 15.4. The van der Waals surface area contributed by atoms with Crippen molar-refractivity contribution >= 4 is 21.6 Å². The predicted molar refractivity (Wildman–Crippen MR) is 118 cm³/mol. The van der Waals surface area contributed by atoms with Crippen molar-refractivity contribution in [2.24, 2.45) is 0 Å². The maximum absolute atomic E-state index is 13.0. The summed E-state index contributed by atoms with van der Waals surface area (Å²) in [6.07, 6.45) is -5.42. The van der Waals surface area contributed by atoms with Crippen molar-refractivity contribution in [3.8, 4) is 5.75 Å². The zero-order valence-electron chi connectivity index (χ0n) is 18.3. The first-order valence-electron chi connectivity index (χ1n) is 10.5. The topological polar surface area (TPSA) is 71.3 Å². The fraction of sp³-hybridized carbons (Fsp3) is 0.455. The number of rotatable bonds is 7. The molecule has 33 heavy (non-hydrogen) atoms. The minimum Gasteiger partial charge on any atom is -0.490 e. The molecule has 2 aromatic rings. The number of halogens is 4. The fourth-order valence-corrected chi connectivity index (χ4v) is 5.80. The number of para-hydroxylation sites is 1. The summed E-state index contributed by atoms with van der Waals surface area (Å²) < 4.78 is 71.9. The van der Waals surface area contributed by atoms with Gasteiger partial charge in [-0.05, 0) is 43.2 Å². The van der Waals surface area contributed by atoms with E-state index < -0.39 is 32.8 Å². The van der Waals surface area contributed by atoms with Crippen LogP contribution in [0.25, 0.3) is 0 Å². The highest BCUT2D eigenvalue weighted by molar-refractivity contribution is 7.89. The van der Waals surface area contributed by atoms with E-state index in [4.69, 9.17) is 16.3 Å². The van der Waals surface area contributed by atoms with Crippen LogP contribution >= 0.6 is 11.6 Å². The van der Waals surface area contributed by atoms with Gasteiger partial charge in [0.15, 0.2) is 0 Å². The molecule has 1 atom stereocenters. The quantitative estimate of drug-likeness (QED) is 0.603. The highest BCUT2D eigenvalue weighted by atomic mass is 35.5. The van der Waals surface area contributed by atoms with Crippen LogP contribution in [0.15, 0.2) is 41.3 Å². The second-order valence-electron chi connectivity index (χ2n) is 8.19. The van der Waals surface area contributed by atoms with E-state index in [2.05, 4.69) is 0 Å². The highest BCUT2D eigenvalue weighted by Crippen LogP contribution is 2.34. The van der Waals surface area contributed by atoms with Gasteiger partial charge in [-0.2, -0.15) is 17.5 Å². The van der Waals surface area contributed by atoms with E-state index in [1.807, 2.05) is 32.0 Å². The average molecular weight is 508 g/mol. The summed E-state index contributed by atoms with van der Waals surface area (Å²) in [6.45, 7) is 5.34. The summed E-state index contributed by atoms with van der Waals surface area (Å²) in [7, 11) is -4.18. The molecule has 0 bridgehead atoms. The van der Waals surface area contributed by atoms with Crippen molar-refractivity contribution in [3.63, 3.8) is 0 Å². The molecule has 1 aliphatic heterocycles. The molecule has 0 unspecified atom stereocenters. The molecule has 1 aliphatic rings. The average Bonchev–Trinajstić information content (AvgIpc) is 2.73. The number of alkyl halides is 3. The van der Waals surface area contributed by atoms with E-state index in [1.54, 1.807) is 0 Å². The summed E-state index contributed by atoms with van der Waals surface area (Å²) in [6, 6.07) is 8.06. The fourth-order valence-electron chi connectivity index (χ4n) is 3.86. The molecule has 0 saturated carbocycles. The minimum atomic E-state index is -4.67. The third kappa shape index (κ3) is 6.19. The van der Waals surface area contributed by atoms with Crippen LogP contribution in [0.2, 0.25) is 5.02 Å². The van der Waals surface area contributed by atoms with Crippen LogP contribution in [-0.4, -0.2) is 63.3 Å². The zero-order chi connectivity index (χ0) is 24.4. The van der Waals surface area contributed by atoms with E-state index in [9.17, 15) is 26.7 Å². The zero-order valence-corrected chi connectivity index (χ0v) is 19.9. The van der Waals surface area contributed by atoms with Gasteiger partial charge in [-0.15, -0.1) is 0 Å². The molecular formula is C22H27ClF3N2O4S+. The minimum absolute atomic E-state index is 0.106. The summed E-state index contributed by atoms with van der Waals surface area (Å²) in [5.41, 5.74) is 0.880. The number of aliphatic hydroxyl groups excluding tert-OH is 1. The maximum atomic E-state index is 13.0. The number of sulfonamides is 1. The monoisotopic (exact) mass is 507 g/mol. The second-order valence-corrected chi connectivity index (χ2v) is 10.5. The molecule has 3 rings (SSSR count). The first kappa shape index (κ1) is 25.8. The van der Waals surface area contributed by atoms with Gasteiger partial charge in [0.1, 0.15) is 29.9 Å². The van der Waals surface area contributed by atoms with Crippen molar-refractivity contribution < 1.29 is 36.3 Å². The molecule has 1 heterocycles. The van der Waals surface area contributed by atoms with Gasteiger partial charge in [0, 0.05) is 0 Å². The number of hydrogen-bond donors (Lipinski definition) is 2. The van der Waals surface area contributed by atoms with Gasteiger partial charge in [0.25, 0.3) is 0 Å². The number of piperazine rings is 1. The Hall–Kier alpha value is -1.85. The SMILES string of the molecule is Cc1cccc(C)c1OC[C@@H](O)C[NH+]1CCN(S(=O)(=O)c2cc(C(F)(F)F)ccc2Cl)CC1. The van der Waals surface area contributed by atoms with Crippen LogP contribution in [0, 0.1) is 13.8 Å². The standard InChI is InChI=1S/C22H26ClF3N2O4S/c1-15-4-3-5-16(2)21(15)32-14-18(29)13-27-8-10-28(11-9-27)33(30,31)20-12-17(22(24,25)26)6-7-19(20)23/h3-7,12,18,29H,8-11,13-14H2,1-2H3/p+1/t18-/m0/s1. The molecule has 1 fully saturated rings. The summed E-state index contributed by atoms with van der Waals surface area (Å²) >= 11 is 5.93. The first-order valence-corrected chi connectivity index (χ1v) is 12.3. The summed E-state index contributed by atoms with van der Waals surface area (Å²) in [5, 5.41) is 10.1. The molecular weight excluding hydrogens is 481 g/mol. The molecule has 0 aliphatic carbocycles. The van der Waals surface area contributed by atoms with Gasteiger partial charge in [-0.25, -0.2) is 8.42 Å². The Kier molecular flexibility index (Phi) is 7.95. The summed E-state index contributed by atoms with van der Waals surface area (Å²) in [4.78, 5) is 0.429. The lowest BCUT2D eigenvalue weighted by Gasteiger charge is -2.32. The molecule has 182 valence electrons. The maximum Gasteiger partial charge on any atom is 0.416 e. The van der Waals surface area contributed by atoms with Gasteiger partial charge in [-0.3, -0.25) is 0 Å². The number of nitrogens with one attached hydrogen (secondary N) is 1. The normalized spacial score (nSPS) is 17.2. The second kappa shape index (κ2) is 10.2. The van der Waals surface area contributed by atoms with Gasteiger partial charge < -0.3 is 14.7 Å². The van der Waals surface area contributed by atoms with Crippen molar-refractivity contribution in [2.75, 3.05) is 39.3 Å². The number of ether oxygens (including phenoxy) is 1. The van der Waals surface area contributed by atoms with Crippen LogP contribution in [-0.2, 0) is 16.2 Å². The Morgan fingerprint density at radius 3 is 2.33 bits per heavy atom. The van der Waals surface area contributed by atoms with E-state index in [1.165, 1.54) is 0 Å². The predicted octanol–water partition coefficient (Wildman–Crippen LogP) is 2.30. The van der Waals surface area contributed by atoms with E-state index in [-0.39, 0.29) is 24.7 Å². The van der Waals surface area contributed by atoms with Crippen LogP contribution < -0.4 is 9.64 Å². The molecule has 6 nitrogen and oxygen atoms in total. The van der Waals surface area contributed by atoms with Crippen molar-refractivity contribution in [1.29, 1.82) is 0 Å². The van der Waals surface area contributed by atoms with Crippen LogP contribution in [0.4, 0.5) is 13.2 Å². The smallest absolute Gasteiger partial charge is 0.416 e. The van der Waals surface area contributed by atoms with Crippen LogP contribution in [0.3, 0.4) is 0 Å². The Balaban J connectivity index is 1.58. The highest BCUT2D eigenvalue weighted by Gasteiger charge is 2.36. The number of aliphatic hydroxyl groups is 1. The molecule has 1 saturated heterocycles. The molecule has 2 N–H and O–H groups in total. The molecule has 0 radical (unpaired) electrons. The largest absolute Gasteiger partial charge is 0.490 e. The molecule has 0 spiro atoms. The van der Waals surface area contributed by atoms with E-state index in [0.29, 0.717) is 25.7 Å². The lowest BCUT2D eigenvalue weighted by Crippen LogP contribution is -3.15. The molecule has 2 aromatic carbocycles. The van der Waals surface area contributed by atoms with Crippen LogP contribution in [0.1, 0.15) is 16.7 Å². The van der Waals surface area contributed by atoms with Crippen molar-refractivity contribution in [3.05, 3.63) is 58.1 Å². The molecule has 0 aromatic heterocycles. The number of hydrogen-bond acceptors (Lipinski definition) is 4. The van der Waals surface area contributed by atoms with Crippen molar-refractivity contribution in [1.82, 2.24) is 4.31 Å². The Labute approximate surface area is 196 Å². The Morgan fingerprint density at radius 2 is 1.76 bits per heavy atom. The number of aryl methyl sites for hydroxylation is 2. The number of benzene rings is 2. The third-order valence-corrected chi connectivity index (χ3v) is 8.04. The number of quaternary nitrogens is 1. The van der Waals surface area contributed by atoms with Gasteiger partial charge in [-0.1, -0.05) is 29.8 Å². The molecule has 0 amide bonds. The van der Waals surface area contributed by atoms with E-state index >= 15 is 0 Å². The van der Waals surface area contributed by atoms with Gasteiger partial charge in [0.2, 0.25) is 10.0 Å². The number of nitrogens with zero attached hydrogens (tertiary/aromatic N) is 1. The van der Waals surface area contributed by atoms with Gasteiger partial charge in [0.05, 0.1) is 36.8 Å². The third-order valence-electron chi connectivity index (χ3n) is 5.66. The lowest BCUT2D eigenvalue weighted by molar-refractivity contribution is -0.906. The Morgan fingerprint density at radius 1 is 1.15 bits per heavy atom. The molecule has 11 heteroatoms. The lowest BCUT2D eigenvalue weighted by atomic mass is 10.1. The Bertz CT molecular complexity index is 1070. The van der Waals surface area contributed by atoms with Gasteiger partial charge >= 0.3 is 6.18 Å². The van der Waals surface area contributed by atoms with Crippen molar-refractivity contribution in [2.45, 2.75) is 31.0 Å². The van der Waals surface area contributed by atoms with E-state index in [0.717, 1.165) is 38.2 Å².